The highest BCUT2D eigenvalue weighted by Crippen LogP contribution is 2.28. The maximum atomic E-state index is 12.5. The van der Waals surface area contributed by atoms with Gasteiger partial charge in [-0.05, 0) is 30.3 Å². The Bertz CT molecular complexity index is 752. The van der Waals surface area contributed by atoms with E-state index in [1.807, 2.05) is 12.1 Å². The number of ether oxygens (including phenoxy) is 2. The molecule has 7 nitrogen and oxygen atoms in total. The number of rotatable bonds is 6. The van der Waals surface area contributed by atoms with Crippen LogP contribution in [-0.4, -0.2) is 62.4 Å². The number of methoxy groups -OCH3 is 1. The van der Waals surface area contributed by atoms with Crippen LogP contribution in [0.1, 0.15) is 0 Å². The van der Waals surface area contributed by atoms with Gasteiger partial charge in [-0.2, -0.15) is 0 Å². The van der Waals surface area contributed by atoms with Crippen molar-refractivity contribution in [2.24, 2.45) is 0 Å². The Balaban J connectivity index is 1.51. The van der Waals surface area contributed by atoms with Crippen LogP contribution < -0.4 is 15.0 Å². The van der Waals surface area contributed by atoms with Crippen molar-refractivity contribution in [1.82, 2.24) is 9.88 Å². The Kier molecular flexibility index (Phi) is 6.73. The molecule has 1 aromatic carbocycles. The van der Waals surface area contributed by atoms with Gasteiger partial charge in [-0.15, -0.1) is 0 Å². The van der Waals surface area contributed by atoms with Gasteiger partial charge in [-0.1, -0.05) is 11.6 Å². The minimum Gasteiger partial charge on any atom is -0.490 e. The highest BCUT2D eigenvalue weighted by Gasteiger charge is 2.21. The summed E-state index contributed by atoms with van der Waals surface area (Å²) in [5.41, 5.74) is 1.77. The van der Waals surface area contributed by atoms with Crippen LogP contribution in [0.4, 0.5) is 16.2 Å². The first-order valence-electron chi connectivity index (χ1n) is 8.79. The number of piperazine rings is 1. The fourth-order valence-electron chi connectivity index (χ4n) is 2.86. The number of carbonyl (C=O) groups is 1. The smallest absolute Gasteiger partial charge is 0.321 e. The van der Waals surface area contributed by atoms with Gasteiger partial charge in [-0.3, -0.25) is 4.98 Å². The molecular weight excluding hydrogens is 368 g/mol. The second kappa shape index (κ2) is 9.43. The Hall–Kier alpha value is -2.51. The molecule has 0 atom stereocenters. The molecule has 1 N–H and O–H groups in total. The van der Waals surface area contributed by atoms with Crippen LogP contribution in [0.15, 0.2) is 42.7 Å². The van der Waals surface area contributed by atoms with Crippen molar-refractivity contribution < 1.29 is 14.3 Å². The second-order valence-electron chi connectivity index (χ2n) is 6.10. The van der Waals surface area contributed by atoms with Crippen molar-refractivity contribution in [3.8, 4) is 5.75 Å². The number of hydrogen-bond acceptors (Lipinski definition) is 5. The summed E-state index contributed by atoms with van der Waals surface area (Å²) in [6, 6.07) is 9.04. The zero-order chi connectivity index (χ0) is 19.1. The third kappa shape index (κ3) is 5.24. The van der Waals surface area contributed by atoms with Gasteiger partial charge in [0.1, 0.15) is 12.4 Å². The Labute approximate surface area is 163 Å². The lowest BCUT2D eigenvalue weighted by Crippen LogP contribution is -2.50. The van der Waals surface area contributed by atoms with Crippen LogP contribution in [0, 0.1) is 0 Å². The van der Waals surface area contributed by atoms with Crippen molar-refractivity contribution in [3.63, 3.8) is 0 Å². The van der Waals surface area contributed by atoms with Crippen LogP contribution in [-0.2, 0) is 4.74 Å². The van der Waals surface area contributed by atoms with Crippen LogP contribution >= 0.6 is 11.6 Å². The van der Waals surface area contributed by atoms with Crippen molar-refractivity contribution in [2.75, 3.05) is 56.7 Å². The maximum Gasteiger partial charge on any atom is 0.321 e. The molecule has 0 aliphatic carbocycles. The molecule has 1 aromatic heterocycles. The number of nitrogens with one attached hydrogen (secondary N) is 1. The number of amides is 2. The first kappa shape index (κ1) is 19.3. The normalized spacial score (nSPS) is 14.1. The zero-order valence-electron chi connectivity index (χ0n) is 15.2. The van der Waals surface area contributed by atoms with Gasteiger partial charge in [0.15, 0.2) is 0 Å². The summed E-state index contributed by atoms with van der Waals surface area (Å²) in [7, 11) is 1.61. The SMILES string of the molecule is COCCOc1ccc(NC(=O)N2CCN(c3ccncc3)CC2)cc1Cl. The van der Waals surface area contributed by atoms with E-state index in [-0.39, 0.29) is 6.03 Å². The minimum absolute atomic E-state index is 0.131. The summed E-state index contributed by atoms with van der Waals surface area (Å²) in [4.78, 5) is 20.6. The largest absolute Gasteiger partial charge is 0.490 e. The zero-order valence-corrected chi connectivity index (χ0v) is 16.0. The van der Waals surface area contributed by atoms with Crippen LogP contribution in [0.25, 0.3) is 0 Å². The van der Waals surface area contributed by atoms with Gasteiger partial charge in [0, 0.05) is 57.1 Å². The number of hydrogen-bond donors (Lipinski definition) is 1. The Morgan fingerprint density at radius 2 is 1.89 bits per heavy atom. The first-order valence-corrected chi connectivity index (χ1v) is 9.17. The van der Waals surface area contributed by atoms with Gasteiger partial charge in [0.05, 0.1) is 11.6 Å². The van der Waals surface area contributed by atoms with E-state index in [1.165, 1.54) is 0 Å². The van der Waals surface area contributed by atoms with Gasteiger partial charge in [-0.25, -0.2) is 4.79 Å². The summed E-state index contributed by atoms with van der Waals surface area (Å²) >= 11 is 6.22. The summed E-state index contributed by atoms with van der Waals surface area (Å²) in [6.07, 6.45) is 3.56. The molecule has 0 unspecified atom stereocenters. The Morgan fingerprint density at radius 1 is 1.15 bits per heavy atom. The van der Waals surface area contributed by atoms with Crippen molar-refractivity contribution in [2.45, 2.75) is 0 Å². The third-order valence-electron chi connectivity index (χ3n) is 4.32. The molecule has 8 heteroatoms. The number of halogens is 1. The van der Waals surface area contributed by atoms with Crippen molar-refractivity contribution in [1.29, 1.82) is 0 Å². The van der Waals surface area contributed by atoms with Gasteiger partial charge in [0.2, 0.25) is 0 Å². The predicted molar refractivity (Wildman–Crippen MR) is 106 cm³/mol. The monoisotopic (exact) mass is 390 g/mol. The summed E-state index contributed by atoms with van der Waals surface area (Å²) in [5, 5.41) is 3.35. The molecule has 1 aliphatic heterocycles. The molecule has 2 heterocycles. The number of benzene rings is 1. The number of anilines is 2. The lowest BCUT2D eigenvalue weighted by atomic mass is 10.2. The summed E-state index contributed by atoms with van der Waals surface area (Å²) in [6.45, 7) is 3.78. The molecule has 0 saturated carbocycles. The van der Waals surface area contributed by atoms with E-state index in [1.54, 1.807) is 42.6 Å². The molecule has 1 saturated heterocycles. The summed E-state index contributed by atoms with van der Waals surface area (Å²) < 4.78 is 10.5. The average Bonchev–Trinajstić information content (AvgIpc) is 2.70. The van der Waals surface area contributed by atoms with E-state index < -0.39 is 0 Å². The lowest BCUT2D eigenvalue weighted by molar-refractivity contribution is 0.146. The number of nitrogens with zero attached hydrogens (tertiary/aromatic N) is 3. The lowest BCUT2D eigenvalue weighted by Gasteiger charge is -2.36. The van der Waals surface area contributed by atoms with Gasteiger partial charge in [0.25, 0.3) is 0 Å². The molecule has 0 radical (unpaired) electrons. The van der Waals surface area contributed by atoms with E-state index in [4.69, 9.17) is 21.1 Å². The van der Waals surface area contributed by atoms with E-state index in [0.717, 1.165) is 18.8 Å². The predicted octanol–water partition coefficient (Wildman–Crippen LogP) is 3.11. The van der Waals surface area contributed by atoms with Crippen molar-refractivity contribution in [3.05, 3.63) is 47.7 Å². The maximum absolute atomic E-state index is 12.5. The molecule has 144 valence electrons. The molecule has 1 aliphatic rings. The molecule has 1 fully saturated rings. The fraction of sp³-hybridized carbons (Fsp3) is 0.368. The fourth-order valence-corrected chi connectivity index (χ4v) is 3.09. The topological polar surface area (TPSA) is 66.9 Å². The van der Waals surface area contributed by atoms with Gasteiger partial charge < -0.3 is 24.6 Å². The van der Waals surface area contributed by atoms with E-state index in [9.17, 15) is 4.79 Å². The number of urea groups is 1. The number of pyridine rings is 1. The average molecular weight is 391 g/mol. The van der Waals surface area contributed by atoms with Crippen molar-refractivity contribution >= 4 is 29.0 Å². The van der Waals surface area contributed by atoms with Crippen LogP contribution in [0.2, 0.25) is 5.02 Å². The standard InChI is InChI=1S/C19H23ClN4O3/c1-26-12-13-27-18-3-2-15(14-17(18)20)22-19(25)24-10-8-23(9-11-24)16-4-6-21-7-5-16/h2-7,14H,8-13H2,1H3,(H,22,25). The van der Waals surface area contributed by atoms with Crippen LogP contribution in [0.5, 0.6) is 5.75 Å². The third-order valence-corrected chi connectivity index (χ3v) is 4.62. The minimum atomic E-state index is -0.131. The molecule has 2 aromatic rings. The Morgan fingerprint density at radius 3 is 2.56 bits per heavy atom. The number of carbonyl (C=O) groups excluding carboxylic acids is 1. The first-order chi connectivity index (χ1) is 13.2. The highest BCUT2D eigenvalue weighted by atomic mass is 35.5. The molecule has 0 bridgehead atoms. The summed E-state index contributed by atoms with van der Waals surface area (Å²) in [5.74, 6) is 0.567. The van der Waals surface area contributed by atoms with E-state index in [0.29, 0.717) is 42.8 Å². The molecule has 27 heavy (non-hydrogen) atoms. The second-order valence-corrected chi connectivity index (χ2v) is 6.50. The molecule has 3 rings (SSSR count). The quantitative estimate of drug-likeness (QED) is 0.767. The van der Waals surface area contributed by atoms with E-state index >= 15 is 0 Å². The van der Waals surface area contributed by atoms with E-state index in [2.05, 4.69) is 15.2 Å². The molecule has 2 amide bonds. The molecular formula is C19H23ClN4O3. The number of aromatic nitrogens is 1. The molecule has 0 spiro atoms. The van der Waals surface area contributed by atoms with Gasteiger partial charge >= 0.3 is 6.03 Å². The highest BCUT2D eigenvalue weighted by molar-refractivity contribution is 6.32. The van der Waals surface area contributed by atoms with Crippen LogP contribution in [0.3, 0.4) is 0 Å².